The van der Waals surface area contributed by atoms with E-state index in [1.165, 1.54) is 0 Å². The Morgan fingerprint density at radius 2 is 2.17 bits per heavy atom. The normalized spacial score (nSPS) is 28.8. The molecule has 2 aliphatic rings. The molecule has 1 aromatic rings. The van der Waals surface area contributed by atoms with Crippen molar-refractivity contribution in [2.45, 2.75) is 31.2 Å². The molecule has 2 aliphatic heterocycles. The van der Waals surface area contributed by atoms with Crippen LogP contribution in [-0.4, -0.2) is 43.6 Å². The number of fused-ring (bicyclic) bond motifs is 1. The molecule has 100 valence electrons. The molecule has 0 aliphatic carbocycles. The highest BCUT2D eigenvalue weighted by Gasteiger charge is 2.43. The summed E-state index contributed by atoms with van der Waals surface area (Å²) in [5, 5.41) is 7.08. The molecule has 0 bridgehead atoms. The Balaban J connectivity index is 1.92. The van der Waals surface area contributed by atoms with Crippen LogP contribution in [-0.2, 0) is 10.0 Å². The van der Waals surface area contributed by atoms with E-state index >= 15 is 0 Å². The summed E-state index contributed by atoms with van der Waals surface area (Å²) in [5.41, 5.74) is 0.442. The van der Waals surface area contributed by atoms with Gasteiger partial charge in [0.2, 0.25) is 10.0 Å². The van der Waals surface area contributed by atoms with Gasteiger partial charge in [-0.3, -0.25) is 0 Å². The van der Waals surface area contributed by atoms with Crippen molar-refractivity contribution in [2.24, 2.45) is 5.92 Å². The summed E-state index contributed by atoms with van der Waals surface area (Å²) in [6.45, 7) is 5.45. The maximum Gasteiger partial charge on any atom is 0.248 e. The van der Waals surface area contributed by atoms with Gasteiger partial charge in [-0.1, -0.05) is 5.16 Å². The van der Waals surface area contributed by atoms with Crippen LogP contribution in [0.1, 0.15) is 17.9 Å². The lowest BCUT2D eigenvalue weighted by Crippen LogP contribution is -2.34. The fourth-order valence-corrected chi connectivity index (χ4v) is 4.79. The topological polar surface area (TPSA) is 75.4 Å². The zero-order valence-electron chi connectivity index (χ0n) is 10.5. The highest BCUT2D eigenvalue weighted by Crippen LogP contribution is 2.31. The summed E-state index contributed by atoms with van der Waals surface area (Å²) < 4.78 is 31.7. The van der Waals surface area contributed by atoms with Crippen molar-refractivity contribution in [1.29, 1.82) is 0 Å². The van der Waals surface area contributed by atoms with Crippen LogP contribution in [0.15, 0.2) is 9.42 Å². The smallest absolute Gasteiger partial charge is 0.248 e. The lowest BCUT2D eigenvalue weighted by atomic mass is 10.1. The van der Waals surface area contributed by atoms with E-state index in [1.54, 1.807) is 18.2 Å². The molecule has 2 fully saturated rings. The Morgan fingerprint density at radius 1 is 1.39 bits per heavy atom. The summed E-state index contributed by atoms with van der Waals surface area (Å²) in [4.78, 5) is 0.238. The van der Waals surface area contributed by atoms with E-state index in [-0.39, 0.29) is 4.90 Å². The first-order valence-electron chi connectivity index (χ1n) is 6.16. The molecule has 0 spiro atoms. The second-order valence-corrected chi connectivity index (χ2v) is 6.96. The van der Waals surface area contributed by atoms with Crippen LogP contribution >= 0.6 is 0 Å². The molecular weight excluding hydrogens is 254 g/mol. The first-order valence-corrected chi connectivity index (χ1v) is 7.60. The van der Waals surface area contributed by atoms with Crippen molar-refractivity contribution < 1.29 is 12.9 Å². The van der Waals surface area contributed by atoms with Gasteiger partial charge >= 0.3 is 0 Å². The van der Waals surface area contributed by atoms with E-state index < -0.39 is 10.0 Å². The van der Waals surface area contributed by atoms with Crippen LogP contribution in [0.5, 0.6) is 0 Å². The van der Waals surface area contributed by atoms with Gasteiger partial charge in [0, 0.05) is 19.1 Å². The molecule has 3 rings (SSSR count). The molecule has 3 heterocycles. The summed E-state index contributed by atoms with van der Waals surface area (Å²) in [5.74, 6) is 0.817. The van der Waals surface area contributed by atoms with Gasteiger partial charge in [0.1, 0.15) is 10.6 Å². The molecule has 6 nitrogen and oxygen atoms in total. The van der Waals surface area contributed by atoms with Gasteiger partial charge in [0.25, 0.3) is 0 Å². The molecule has 2 saturated heterocycles. The van der Waals surface area contributed by atoms with E-state index in [0.717, 1.165) is 13.0 Å². The summed E-state index contributed by atoms with van der Waals surface area (Å²) >= 11 is 0. The van der Waals surface area contributed by atoms with E-state index in [9.17, 15) is 8.42 Å². The summed E-state index contributed by atoms with van der Waals surface area (Å²) in [7, 11) is -3.46. The predicted octanol–water partition coefficient (Wildman–Crippen LogP) is 0.274. The standard InChI is InChI=1S/C11H17N3O3S/c1-7-11(8(2)17-13-7)18(15,16)14-5-9-3-4-12-10(9)6-14/h9-10,12H,3-6H2,1-2H3/t9-,10+/m0/s1. The summed E-state index contributed by atoms with van der Waals surface area (Å²) in [6.07, 6.45) is 1.05. The highest BCUT2D eigenvalue weighted by molar-refractivity contribution is 7.89. The van der Waals surface area contributed by atoms with Crippen LogP contribution < -0.4 is 5.32 Å². The number of hydrogen-bond donors (Lipinski definition) is 1. The Labute approximate surface area is 106 Å². The van der Waals surface area contributed by atoms with Gasteiger partial charge in [0.15, 0.2) is 5.76 Å². The highest BCUT2D eigenvalue weighted by atomic mass is 32.2. The fourth-order valence-electron chi connectivity index (χ4n) is 2.98. The SMILES string of the molecule is Cc1noc(C)c1S(=O)(=O)N1C[C@@H]2CCN[C@@H]2C1. The number of sulfonamides is 1. The number of nitrogens with zero attached hydrogens (tertiary/aromatic N) is 2. The Hall–Kier alpha value is -0.920. The maximum atomic E-state index is 12.6. The van der Waals surface area contributed by atoms with Gasteiger partial charge in [-0.05, 0) is 32.7 Å². The van der Waals surface area contributed by atoms with Gasteiger partial charge in [-0.25, -0.2) is 8.42 Å². The Morgan fingerprint density at radius 3 is 2.78 bits per heavy atom. The van der Waals surface area contributed by atoms with Gasteiger partial charge in [-0.15, -0.1) is 0 Å². The predicted molar refractivity (Wildman–Crippen MR) is 64.6 cm³/mol. The molecule has 1 N–H and O–H groups in total. The molecule has 0 radical (unpaired) electrons. The Bertz CT molecular complexity index is 535. The zero-order valence-corrected chi connectivity index (χ0v) is 11.3. The van der Waals surface area contributed by atoms with Crippen LogP contribution in [0.4, 0.5) is 0 Å². The quantitative estimate of drug-likeness (QED) is 0.836. The van der Waals surface area contributed by atoms with E-state index in [2.05, 4.69) is 10.5 Å². The average Bonchev–Trinajstić information content (AvgIpc) is 2.91. The first kappa shape index (κ1) is 12.1. The van der Waals surface area contributed by atoms with Gasteiger partial charge in [0.05, 0.1) is 0 Å². The number of aryl methyl sites for hydroxylation is 2. The molecular formula is C11H17N3O3S. The van der Waals surface area contributed by atoms with E-state index in [0.29, 0.717) is 36.5 Å². The minimum atomic E-state index is -3.46. The van der Waals surface area contributed by atoms with Crippen LogP contribution in [0.25, 0.3) is 0 Å². The van der Waals surface area contributed by atoms with Crippen molar-refractivity contribution in [2.75, 3.05) is 19.6 Å². The van der Waals surface area contributed by atoms with Crippen LogP contribution in [0.3, 0.4) is 0 Å². The van der Waals surface area contributed by atoms with E-state index in [1.807, 2.05) is 0 Å². The summed E-state index contributed by atoms with van der Waals surface area (Å²) in [6, 6.07) is 0.306. The third-order valence-corrected chi connectivity index (χ3v) is 5.97. The number of rotatable bonds is 2. The van der Waals surface area contributed by atoms with Gasteiger partial charge < -0.3 is 9.84 Å². The molecule has 2 atom stereocenters. The molecule has 18 heavy (non-hydrogen) atoms. The molecule has 0 saturated carbocycles. The average molecular weight is 271 g/mol. The van der Waals surface area contributed by atoms with Gasteiger partial charge in [-0.2, -0.15) is 4.31 Å². The third-order valence-electron chi connectivity index (χ3n) is 3.89. The maximum absolute atomic E-state index is 12.6. The molecule has 1 aromatic heterocycles. The lowest BCUT2D eigenvalue weighted by molar-refractivity contribution is 0.389. The lowest BCUT2D eigenvalue weighted by Gasteiger charge is -2.16. The second kappa shape index (κ2) is 4.04. The third kappa shape index (κ3) is 1.69. The number of nitrogens with one attached hydrogen (secondary N) is 1. The fraction of sp³-hybridized carbons (Fsp3) is 0.727. The van der Waals surface area contributed by atoms with Crippen LogP contribution in [0, 0.1) is 19.8 Å². The van der Waals surface area contributed by atoms with Crippen molar-refractivity contribution in [3.63, 3.8) is 0 Å². The molecule has 0 amide bonds. The minimum Gasteiger partial charge on any atom is -0.360 e. The monoisotopic (exact) mass is 271 g/mol. The van der Waals surface area contributed by atoms with Crippen LogP contribution in [0.2, 0.25) is 0 Å². The molecule has 7 heteroatoms. The second-order valence-electron chi connectivity index (χ2n) is 5.08. The van der Waals surface area contributed by atoms with Crippen molar-refractivity contribution in [3.8, 4) is 0 Å². The molecule has 0 aromatic carbocycles. The number of hydrogen-bond acceptors (Lipinski definition) is 5. The van der Waals surface area contributed by atoms with Crippen molar-refractivity contribution in [3.05, 3.63) is 11.5 Å². The number of aromatic nitrogens is 1. The van der Waals surface area contributed by atoms with Crippen molar-refractivity contribution >= 4 is 10.0 Å². The zero-order chi connectivity index (χ0) is 12.9. The Kier molecular flexibility index (Phi) is 2.72. The minimum absolute atomic E-state index is 0.238. The largest absolute Gasteiger partial charge is 0.360 e. The van der Waals surface area contributed by atoms with E-state index in [4.69, 9.17) is 4.52 Å². The van der Waals surface area contributed by atoms with Crippen molar-refractivity contribution in [1.82, 2.24) is 14.8 Å². The first-order chi connectivity index (χ1) is 8.50. The molecule has 0 unspecified atom stereocenters.